The highest BCUT2D eigenvalue weighted by molar-refractivity contribution is 5.93. The number of benzene rings is 1. The van der Waals surface area contributed by atoms with Gasteiger partial charge in [-0.25, -0.2) is 4.79 Å². The molecule has 126 valence electrons. The van der Waals surface area contributed by atoms with Gasteiger partial charge in [0, 0.05) is 26.8 Å². The van der Waals surface area contributed by atoms with Gasteiger partial charge >= 0.3 is 5.69 Å². The highest BCUT2D eigenvalue weighted by Gasteiger charge is 2.19. The fraction of sp³-hybridized carbons (Fsp3) is 0.333. The third-order valence-electron chi connectivity index (χ3n) is 4.26. The molecule has 0 aliphatic carbocycles. The molecule has 0 spiro atoms. The lowest BCUT2D eigenvalue weighted by molar-refractivity contribution is 0.174. The van der Waals surface area contributed by atoms with Crippen LogP contribution in [0.3, 0.4) is 0 Å². The van der Waals surface area contributed by atoms with E-state index in [-0.39, 0.29) is 11.2 Å². The minimum atomic E-state index is -0.573. The third kappa shape index (κ3) is 2.49. The molecule has 1 N–H and O–H groups in total. The molecule has 3 aromatic rings. The van der Waals surface area contributed by atoms with E-state index in [0.717, 1.165) is 21.4 Å². The van der Waals surface area contributed by atoms with Crippen molar-refractivity contribution >= 4 is 10.9 Å². The summed E-state index contributed by atoms with van der Waals surface area (Å²) in [6.45, 7) is 4.03. The van der Waals surface area contributed by atoms with Gasteiger partial charge in [0.15, 0.2) is 0 Å². The van der Waals surface area contributed by atoms with Crippen LogP contribution in [0.2, 0.25) is 0 Å². The molecule has 2 aromatic heterocycles. The number of aromatic nitrogens is 3. The summed E-state index contributed by atoms with van der Waals surface area (Å²) in [4.78, 5) is 25.0. The normalized spacial score (nSPS) is 12.7. The van der Waals surface area contributed by atoms with E-state index in [1.54, 1.807) is 20.2 Å². The Kier molecular flexibility index (Phi) is 3.93. The Hall–Kier alpha value is -2.60. The lowest BCUT2D eigenvalue weighted by Gasteiger charge is -2.12. The first kappa shape index (κ1) is 16.3. The zero-order valence-corrected chi connectivity index (χ0v) is 14.3. The second kappa shape index (κ2) is 5.79. The molecule has 0 saturated carbocycles. The lowest BCUT2D eigenvalue weighted by Crippen LogP contribution is -2.36. The molecule has 6 nitrogen and oxygen atoms in total. The van der Waals surface area contributed by atoms with Crippen molar-refractivity contribution in [2.45, 2.75) is 26.5 Å². The van der Waals surface area contributed by atoms with Crippen LogP contribution in [-0.2, 0) is 20.6 Å². The van der Waals surface area contributed by atoms with Gasteiger partial charge in [0.1, 0.15) is 0 Å². The molecular weight excluding hydrogens is 306 g/mol. The molecule has 1 aromatic carbocycles. The van der Waals surface area contributed by atoms with E-state index in [1.165, 1.54) is 11.6 Å². The number of hydrogen-bond donors (Lipinski definition) is 1. The van der Waals surface area contributed by atoms with E-state index >= 15 is 0 Å². The Morgan fingerprint density at radius 3 is 2.50 bits per heavy atom. The third-order valence-corrected chi connectivity index (χ3v) is 4.26. The monoisotopic (exact) mass is 327 g/mol. The fourth-order valence-electron chi connectivity index (χ4n) is 3.12. The Balaban J connectivity index is 2.49. The van der Waals surface area contributed by atoms with Gasteiger partial charge in [0.2, 0.25) is 0 Å². The molecule has 0 aliphatic rings. The Morgan fingerprint density at radius 1 is 1.17 bits per heavy atom. The van der Waals surface area contributed by atoms with E-state index < -0.39 is 6.10 Å². The maximum absolute atomic E-state index is 12.8. The van der Waals surface area contributed by atoms with Crippen LogP contribution >= 0.6 is 0 Å². The van der Waals surface area contributed by atoms with Crippen molar-refractivity contribution in [3.63, 3.8) is 0 Å². The Morgan fingerprint density at radius 2 is 1.88 bits per heavy atom. The van der Waals surface area contributed by atoms with E-state index in [1.807, 2.05) is 35.8 Å². The maximum atomic E-state index is 12.8. The molecule has 0 saturated heterocycles. The minimum Gasteiger partial charge on any atom is -0.392 e. The minimum absolute atomic E-state index is 0.325. The average Bonchev–Trinajstić information content (AvgIpc) is 2.89. The summed E-state index contributed by atoms with van der Waals surface area (Å²) < 4.78 is 4.44. The van der Waals surface area contributed by atoms with Crippen molar-refractivity contribution in [2.75, 3.05) is 0 Å². The number of fused-ring (bicyclic) bond motifs is 1. The molecule has 0 amide bonds. The molecule has 2 heterocycles. The van der Waals surface area contributed by atoms with Crippen LogP contribution in [0, 0.1) is 6.92 Å². The molecule has 3 rings (SSSR count). The Bertz CT molecular complexity index is 1040. The summed E-state index contributed by atoms with van der Waals surface area (Å²) in [7, 11) is 3.13. The van der Waals surface area contributed by atoms with Crippen molar-refractivity contribution in [3.8, 4) is 11.3 Å². The summed E-state index contributed by atoms with van der Waals surface area (Å²) in [5, 5.41) is 10.3. The van der Waals surface area contributed by atoms with Gasteiger partial charge in [0.25, 0.3) is 5.56 Å². The maximum Gasteiger partial charge on any atom is 0.330 e. The largest absolute Gasteiger partial charge is 0.392 e. The van der Waals surface area contributed by atoms with Crippen LogP contribution < -0.4 is 11.2 Å². The van der Waals surface area contributed by atoms with E-state index in [9.17, 15) is 14.7 Å². The number of rotatable bonds is 3. The van der Waals surface area contributed by atoms with Gasteiger partial charge in [-0.2, -0.15) is 0 Å². The van der Waals surface area contributed by atoms with Crippen molar-refractivity contribution in [1.82, 2.24) is 13.7 Å². The summed E-state index contributed by atoms with van der Waals surface area (Å²) >= 11 is 0. The first-order valence-corrected chi connectivity index (χ1v) is 7.85. The summed E-state index contributed by atoms with van der Waals surface area (Å²) in [6, 6.07) is 7.85. The smallest absolute Gasteiger partial charge is 0.330 e. The van der Waals surface area contributed by atoms with Crippen molar-refractivity contribution in [1.29, 1.82) is 0 Å². The van der Waals surface area contributed by atoms with Crippen molar-refractivity contribution in [2.24, 2.45) is 14.1 Å². The van der Waals surface area contributed by atoms with Crippen molar-refractivity contribution in [3.05, 3.63) is 56.9 Å². The first-order chi connectivity index (χ1) is 11.3. The van der Waals surface area contributed by atoms with Gasteiger partial charge in [-0.3, -0.25) is 13.9 Å². The summed E-state index contributed by atoms with van der Waals surface area (Å²) in [5.74, 6) is 0. The van der Waals surface area contributed by atoms with E-state index in [4.69, 9.17) is 0 Å². The Labute approximate surface area is 139 Å². The van der Waals surface area contributed by atoms with Crippen LogP contribution in [0.1, 0.15) is 12.5 Å². The molecule has 0 fully saturated rings. The summed E-state index contributed by atoms with van der Waals surface area (Å²) in [6.07, 6.45) is 1.19. The van der Waals surface area contributed by atoms with E-state index in [2.05, 4.69) is 0 Å². The van der Waals surface area contributed by atoms with Crippen LogP contribution in [0.15, 0.2) is 40.1 Å². The molecule has 0 radical (unpaired) electrons. The van der Waals surface area contributed by atoms with Crippen molar-refractivity contribution < 1.29 is 5.11 Å². The summed E-state index contributed by atoms with van der Waals surface area (Å²) in [5.41, 5.74) is 2.57. The topological polar surface area (TPSA) is 69.2 Å². The SMILES string of the molecule is Cc1cccc(-c2c3c(=O)n(C)c(=O)n(C)c3cn2CC(C)O)c1. The number of nitrogens with zero attached hydrogens (tertiary/aromatic N) is 3. The van der Waals surface area contributed by atoms with Gasteiger partial charge in [-0.1, -0.05) is 23.8 Å². The molecule has 1 atom stereocenters. The van der Waals surface area contributed by atoms with Crippen LogP contribution in [0.4, 0.5) is 0 Å². The van der Waals surface area contributed by atoms with Gasteiger partial charge in [-0.05, 0) is 25.5 Å². The molecule has 6 heteroatoms. The lowest BCUT2D eigenvalue weighted by atomic mass is 10.1. The molecule has 0 aliphatic heterocycles. The highest BCUT2D eigenvalue weighted by Crippen LogP contribution is 2.28. The average molecular weight is 327 g/mol. The van der Waals surface area contributed by atoms with Gasteiger partial charge in [0.05, 0.1) is 22.7 Å². The first-order valence-electron chi connectivity index (χ1n) is 7.85. The second-order valence-corrected chi connectivity index (χ2v) is 6.31. The number of aryl methyl sites for hydroxylation is 2. The fourth-order valence-corrected chi connectivity index (χ4v) is 3.12. The quantitative estimate of drug-likeness (QED) is 0.790. The van der Waals surface area contributed by atoms with Crippen LogP contribution in [0.25, 0.3) is 22.2 Å². The molecular formula is C18H21N3O3. The molecule has 0 bridgehead atoms. The van der Waals surface area contributed by atoms with Gasteiger partial charge in [-0.15, -0.1) is 0 Å². The molecule has 24 heavy (non-hydrogen) atoms. The highest BCUT2D eigenvalue weighted by atomic mass is 16.3. The predicted molar refractivity (Wildman–Crippen MR) is 94.3 cm³/mol. The van der Waals surface area contributed by atoms with E-state index in [0.29, 0.717) is 17.4 Å². The van der Waals surface area contributed by atoms with Gasteiger partial charge < -0.3 is 9.67 Å². The second-order valence-electron chi connectivity index (χ2n) is 6.31. The standard InChI is InChI=1S/C18H21N3O3/c1-11-6-5-7-13(8-11)16-15-14(10-21(16)9-12(2)22)19(3)18(24)20(4)17(15)23/h5-8,10,12,22H,9H2,1-4H3. The number of aliphatic hydroxyl groups excluding tert-OH is 1. The zero-order chi connectivity index (χ0) is 17.6. The predicted octanol–water partition coefficient (Wildman–Crippen LogP) is 1.39. The zero-order valence-electron chi connectivity index (χ0n) is 14.3. The molecule has 1 unspecified atom stereocenters. The van der Waals surface area contributed by atoms with Crippen LogP contribution in [-0.4, -0.2) is 24.9 Å². The number of hydrogen-bond acceptors (Lipinski definition) is 3. The van der Waals surface area contributed by atoms with Crippen LogP contribution in [0.5, 0.6) is 0 Å². The number of aliphatic hydroxyl groups is 1.